The second-order valence-electron chi connectivity index (χ2n) is 6.07. The van der Waals surface area contributed by atoms with Crippen molar-refractivity contribution in [2.45, 2.75) is 45.2 Å². The van der Waals surface area contributed by atoms with Crippen LogP contribution in [0.5, 0.6) is 0 Å². The second-order valence-corrected chi connectivity index (χ2v) is 7.94. The van der Waals surface area contributed by atoms with E-state index in [4.69, 9.17) is 8.94 Å². The summed E-state index contributed by atoms with van der Waals surface area (Å²) in [7, 11) is -3.30. The summed E-state index contributed by atoms with van der Waals surface area (Å²) < 4.78 is 37.1. The molecule has 3 rings (SSSR count). The average molecular weight is 367 g/mol. The number of furan rings is 1. The Hall–Kier alpha value is -2.13. The Balaban J connectivity index is 1.67. The Morgan fingerprint density at radius 3 is 3.00 bits per heavy atom. The Morgan fingerprint density at radius 1 is 1.44 bits per heavy atom. The molecule has 1 atom stereocenters. The molecule has 0 saturated carbocycles. The molecule has 2 heterocycles. The third-order valence-electron chi connectivity index (χ3n) is 4.08. The van der Waals surface area contributed by atoms with Crippen molar-refractivity contribution < 1.29 is 22.2 Å². The van der Waals surface area contributed by atoms with Crippen molar-refractivity contribution in [2.24, 2.45) is 0 Å². The van der Waals surface area contributed by atoms with E-state index < -0.39 is 10.0 Å². The van der Waals surface area contributed by atoms with E-state index in [0.717, 1.165) is 0 Å². The van der Waals surface area contributed by atoms with E-state index in [2.05, 4.69) is 15.2 Å². The van der Waals surface area contributed by atoms with Gasteiger partial charge >= 0.3 is 0 Å². The van der Waals surface area contributed by atoms with Gasteiger partial charge in [0.05, 0.1) is 18.6 Å². The van der Waals surface area contributed by atoms with Gasteiger partial charge in [-0.05, 0) is 31.4 Å². The van der Waals surface area contributed by atoms with Crippen LogP contribution in [0.15, 0.2) is 27.3 Å². The molecule has 0 aromatic carbocycles. The summed E-state index contributed by atoms with van der Waals surface area (Å²) in [4.78, 5) is 12.4. The molecule has 0 saturated heterocycles. The van der Waals surface area contributed by atoms with Crippen molar-refractivity contribution in [2.75, 3.05) is 5.75 Å². The predicted molar refractivity (Wildman–Crippen MR) is 89.4 cm³/mol. The Labute approximate surface area is 146 Å². The van der Waals surface area contributed by atoms with Crippen LogP contribution in [0.3, 0.4) is 0 Å². The molecule has 1 aliphatic carbocycles. The molecule has 25 heavy (non-hydrogen) atoms. The first-order valence-corrected chi connectivity index (χ1v) is 9.91. The number of carbonyl (C=O) groups excluding carboxylic acids is 1. The third-order valence-corrected chi connectivity index (χ3v) is 5.72. The van der Waals surface area contributed by atoms with Crippen molar-refractivity contribution in [1.29, 1.82) is 0 Å². The minimum absolute atomic E-state index is 0.0937. The van der Waals surface area contributed by atoms with Gasteiger partial charge < -0.3 is 14.3 Å². The first-order chi connectivity index (χ1) is 12.0. The second kappa shape index (κ2) is 7.40. The highest BCUT2D eigenvalue weighted by Crippen LogP contribution is 2.25. The van der Waals surface area contributed by atoms with Crippen LogP contribution in [0, 0.1) is 0 Å². The maximum Gasteiger partial charge on any atom is 0.274 e. The van der Waals surface area contributed by atoms with Gasteiger partial charge in [-0.15, -0.1) is 0 Å². The van der Waals surface area contributed by atoms with Crippen LogP contribution in [0.1, 0.15) is 47.3 Å². The number of hydrogen-bond donors (Lipinski definition) is 2. The molecule has 136 valence electrons. The van der Waals surface area contributed by atoms with Crippen LogP contribution < -0.4 is 10.0 Å². The van der Waals surface area contributed by atoms with Crippen molar-refractivity contribution in [3.63, 3.8) is 0 Å². The summed E-state index contributed by atoms with van der Waals surface area (Å²) >= 11 is 0. The molecule has 2 aromatic heterocycles. The van der Waals surface area contributed by atoms with E-state index in [0.29, 0.717) is 42.8 Å². The molecule has 1 aliphatic rings. The zero-order chi connectivity index (χ0) is 17.9. The fraction of sp³-hybridized carbons (Fsp3) is 0.500. The number of rotatable bonds is 7. The minimum Gasteiger partial charge on any atom is -0.467 e. The standard InChI is InChI=1S/C16H21N3O5S/c1-2-8-25(21,22)19-11-5-6-14-13(9-11)15(18-24-14)16(20)17-10-12-4-3-7-23-12/h3-4,7,11,19H,2,5-6,8-10H2,1H3,(H,17,20). The number of sulfonamides is 1. The van der Waals surface area contributed by atoms with E-state index in [9.17, 15) is 13.2 Å². The largest absolute Gasteiger partial charge is 0.467 e. The summed E-state index contributed by atoms with van der Waals surface area (Å²) in [5, 5.41) is 6.60. The van der Waals surface area contributed by atoms with Gasteiger partial charge in [-0.1, -0.05) is 12.1 Å². The van der Waals surface area contributed by atoms with Crippen molar-refractivity contribution >= 4 is 15.9 Å². The number of nitrogens with zero attached hydrogens (tertiary/aromatic N) is 1. The van der Waals surface area contributed by atoms with Crippen LogP contribution in [0.4, 0.5) is 0 Å². The Bertz CT molecular complexity index is 826. The first-order valence-electron chi connectivity index (χ1n) is 8.26. The molecule has 2 aromatic rings. The topological polar surface area (TPSA) is 114 Å². The lowest BCUT2D eigenvalue weighted by Gasteiger charge is -2.22. The van der Waals surface area contributed by atoms with Gasteiger partial charge in [-0.2, -0.15) is 0 Å². The van der Waals surface area contributed by atoms with Crippen molar-refractivity contribution in [3.05, 3.63) is 41.2 Å². The van der Waals surface area contributed by atoms with Crippen molar-refractivity contribution in [3.8, 4) is 0 Å². The fourth-order valence-electron chi connectivity index (χ4n) is 2.93. The van der Waals surface area contributed by atoms with E-state index in [-0.39, 0.29) is 29.9 Å². The highest BCUT2D eigenvalue weighted by atomic mass is 32.2. The van der Waals surface area contributed by atoms with Crippen LogP contribution in [0.2, 0.25) is 0 Å². The average Bonchev–Trinajstić information content (AvgIpc) is 3.21. The Kier molecular flexibility index (Phi) is 5.24. The molecule has 0 spiro atoms. The summed E-state index contributed by atoms with van der Waals surface area (Å²) in [6.07, 6.45) is 3.66. The quantitative estimate of drug-likeness (QED) is 0.764. The molecule has 0 fully saturated rings. The monoisotopic (exact) mass is 367 g/mol. The number of carbonyl (C=O) groups is 1. The lowest BCUT2D eigenvalue weighted by atomic mass is 9.92. The van der Waals surface area contributed by atoms with E-state index in [1.54, 1.807) is 12.1 Å². The highest BCUT2D eigenvalue weighted by Gasteiger charge is 2.30. The molecule has 1 unspecified atom stereocenters. The summed E-state index contributed by atoms with van der Waals surface area (Å²) in [5.41, 5.74) is 0.883. The van der Waals surface area contributed by atoms with Gasteiger partial charge in [-0.25, -0.2) is 13.1 Å². The number of aryl methyl sites for hydroxylation is 1. The summed E-state index contributed by atoms with van der Waals surface area (Å²) in [5.74, 6) is 1.01. The molecule has 0 aliphatic heterocycles. The van der Waals surface area contributed by atoms with Crippen molar-refractivity contribution in [1.82, 2.24) is 15.2 Å². The van der Waals surface area contributed by atoms with E-state index in [1.165, 1.54) is 6.26 Å². The maximum absolute atomic E-state index is 12.4. The van der Waals surface area contributed by atoms with Crippen LogP contribution in [-0.4, -0.2) is 31.3 Å². The van der Waals surface area contributed by atoms with Crippen LogP contribution >= 0.6 is 0 Å². The third kappa shape index (κ3) is 4.29. The molecule has 9 heteroatoms. The van der Waals surface area contributed by atoms with Gasteiger partial charge in [0, 0.05) is 18.0 Å². The number of aromatic nitrogens is 1. The van der Waals surface area contributed by atoms with Crippen LogP contribution in [0.25, 0.3) is 0 Å². The van der Waals surface area contributed by atoms with Gasteiger partial charge in [0.2, 0.25) is 10.0 Å². The van der Waals surface area contributed by atoms with Gasteiger partial charge in [0.15, 0.2) is 5.69 Å². The molecule has 0 bridgehead atoms. The fourth-order valence-corrected chi connectivity index (χ4v) is 4.29. The predicted octanol–water partition coefficient (Wildman–Crippen LogP) is 1.38. The summed E-state index contributed by atoms with van der Waals surface area (Å²) in [6, 6.07) is 3.25. The highest BCUT2D eigenvalue weighted by molar-refractivity contribution is 7.89. The zero-order valence-electron chi connectivity index (χ0n) is 13.9. The number of hydrogen-bond acceptors (Lipinski definition) is 6. The smallest absolute Gasteiger partial charge is 0.274 e. The molecular weight excluding hydrogens is 346 g/mol. The number of nitrogens with one attached hydrogen (secondary N) is 2. The number of amides is 1. The summed E-state index contributed by atoms with van der Waals surface area (Å²) in [6.45, 7) is 2.07. The SMILES string of the molecule is CCCS(=O)(=O)NC1CCc2onc(C(=O)NCc3ccco3)c2C1. The molecular formula is C16H21N3O5S. The molecule has 1 amide bonds. The normalized spacial score (nSPS) is 17.2. The molecule has 0 radical (unpaired) electrons. The minimum atomic E-state index is -3.30. The number of fused-ring (bicyclic) bond motifs is 1. The van der Waals surface area contributed by atoms with Crippen LogP contribution in [-0.2, 0) is 29.4 Å². The Morgan fingerprint density at radius 2 is 2.28 bits per heavy atom. The van der Waals surface area contributed by atoms with Gasteiger partial charge in [-0.3, -0.25) is 4.79 Å². The lowest BCUT2D eigenvalue weighted by Crippen LogP contribution is -2.40. The maximum atomic E-state index is 12.4. The first kappa shape index (κ1) is 17.7. The van der Waals surface area contributed by atoms with Gasteiger partial charge in [0.1, 0.15) is 11.5 Å². The molecule has 8 nitrogen and oxygen atoms in total. The van der Waals surface area contributed by atoms with E-state index in [1.807, 2.05) is 6.92 Å². The lowest BCUT2D eigenvalue weighted by molar-refractivity contribution is 0.0938. The van der Waals surface area contributed by atoms with E-state index >= 15 is 0 Å². The van der Waals surface area contributed by atoms with Gasteiger partial charge in [0.25, 0.3) is 5.91 Å². The molecule has 2 N–H and O–H groups in total. The zero-order valence-corrected chi connectivity index (χ0v) is 14.8.